The first-order chi connectivity index (χ1) is 12.8. The quantitative estimate of drug-likeness (QED) is 0.640. The van der Waals surface area contributed by atoms with E-state index in [-0.39, 0.29) is 30.7 Å². The summed E-state index contributed by atoms with van der Waals surface area (Å²) in [6.45, 7) is 5.66. The van der Waals surface area contributed by atoms with Gasteiger partial charge in [-0.2, -0.15) is 0 Å². The number of pyridine rings is 1. The van der Waals surface area contributed by atoms with E-state index < -0.39 is 0 Å². The van der Waals surface area contributed by atoms with Crippen LogP contribution in [0.1, 0.15) is 10.4 Å². The van der Waals surface area contributed by atoms with E-state index in [1.165, 1.54) is 0 Å². The Morgan fingerprint density at radius 1 is 1.14 bits per heavy atom. The van der Waals surface area contributed by atoms with Gasteiger partial charge in [0.2, 0.25) is 0 Å². The van der Waals surface area contributed by atoms with Crippen molar-refractivity contribution in [2.24, 2.45) is 0 Å². The van der Waals surface area contributed by atoms with E-state index in [1.807, 2.05) is 47.8 Å². The zero-order chi connectivity index (χ0) is 17.8. The smallest absolute Gasteiger partial charge is 0.252 e. The molecule has 8 heteroatoms. The zero-order valence-electron chi connectivity index (χ0n) is 15.4. The Balaban J connectivity index is 0.00000140. The molecule has 3 heterocycles. The van der Waals surface area contributed by atoms with Gasteiger partial charge in [0.15, 0.2) is 0 Å². The summed E-state index contributed by atoms with van der Waals surface area (Å²) in [7, 11) is 0. The lowest BCUT2D eigenvalue weighted by Gasteiger charge is -2.27. The van der Waals surface area contributed by atoms with Crippen LogP contribution in [0.15, 0.2) is 47.8 Å². The van der Waals surface area contributed by atoms with Crippen LogP contribution in [-0.4, -0.2) is 55.1 Å². The second-order valence-electron chi connectivity index (χ2n) is 6.40. The third kappa shape index (κ3) is 5.21. The van der Waals surface area contributed by atoms with Crippen LogP contribution < -0.4 is 10.6 Å². The van der Waals surface area contributed by atoms with Gasteiger partial charge >= 0.3 is 0 Å². The largest absolute Gasteiger partial charge is 0.351 e. The third-order valence-electron chi connectivity index (χ3n) is 4.66. The van der Waals surface area contributed by atoms with Crippen LogP contribution >= 0.6 is 36.2 Å². The molecule has 2 N–H and O–H groups in total. The molecule has 0 bridgehead atoms. The van der Waals surface area contributed by atoms with Crippen molar-refractivity contribution in [1.82, 2.24) is 20.5 Å². The molecule has 4 rings (SSSR count). The number of benzene rings is 1. The summed E-state index contributed by atoms with van der Waals surface area (Å²) in [6, 6.07) is 13.8. The molecule has 3 aromatic rings. The van der Waals surface area contributed by atoms with Gasteiger partial charge in [0.1, 0.15) is 0 Å². The number of rotatable bonds is 5. The Kier molecular flexibility index (Phi) is 8.66. The maximum absolute atomic E-state index is 12.9. The molecule has 28 heavy (non-hydrogen) atoms. The van der Waals surface area contributed by atoms with Crippen LogP contribution in [0, 0.1) is 0 Å². The summed E-state index contributed by atoms with van der Waals surface area (Å²) in [5, 5.41) is 9.35. The number of hydrogen-bond acceptors (Lipinski definition) is 5. The number of amides is 1. The Bertz CT molecular complexity index is 898. The normalized spacial score (nSPS) is 14.1. The average Bonchev–Trinajstić information content (AvgIpc) is 3.23. The number of fused-ring (bicyclic) bond motifs is 1. The number of carbonyl (C=O) groups excluding carboxylic acids is 1. The molecule has 0 unspecified atom stereocenters. The molecule has 150 valence electrons. The minimum Gasteiger partial charge on any atom is -0.351 e. The topological polar surface area (TPSA) is 57.3 Å². The van der Waals surface area contributed by atoms with Crippen molar-refractivity contribution >= 4 is 53.0 Å². The van der Waals surface area contributed by atoms with Crippen molar-refractivity contribution in [2.75, 3.05) is 39.3 Å². The van der Waals surface area contributed by atoms with E-state index in [2.05, 4.69) is 15.5 Å². The fraction of sp³-hybridized carbons (Fsp3) is 0.300. The Hall–Kier alpha value is -1.70. The van der Waals surface area contributed by atoms with Crippen molar-refractivity contribution < 1.29 is 4.79 Å². The molecule has 1 aliphatic heterocycles. The van der Waals surface area contributed by atoms with Crippen LogP contribution in [0.25, 0.3) is 21.5 Å². The van der Waals surface area contributed by atoms with E-state index in [1.54, 1.807) is 11.3 Å². The predicted octanol–water partition coefficient (Wildman–Crippen LogP) is 3.44. The second-order valence-corrected chi connectivity index (χ2v) is 7.34. The molecule has 0 saturated carbocycles. The minimum atomic E-state index is -0.0310. The van der Waals surface area contributed by atoms with Gasteiger partial charge in [-0.15, -0.1) is 36.2 Å². The molecular weight excluding hydrogens is 415 g/mol. The van der Waals surface area contributed by atoms with Crippen LogP contribution in [0.4, 0.5) is 0 Å². The number of carbonyl (C=O) groups is 1. The minimum absolute atomic E-state index is 0. The van der Waals surface area contributed by atoms with Crippen molar-refractivity contribution in [3.63, 3.8) is 0 Å². The molecular formula is C20H24Cl2N4OS. The summed E-state index contributed by atoms with van der Waals surface area (Å²) in [5.41, 5.74) is 2.40. The number of halogens is 2. The summed E-state index contributed by atoms with van der Waals surface area (Å²) < 4.78 is 0. The molecule has 1 aromatic carbocycles. The summed E-state index contributed by atoms with van der Waals surface area (Å²) >= 11 is 1.63. The second kappa shape index (κ2) is 10.7. The molecule has 2 aromatic heterocycles. The van der Waals surface area contributed by atoms with Gasteiger partial charge in [0, 0.05) is 44.7 Å². The first kappa shape index (κ1) is 22.6. The Labute approximate surface area is 181 Å². The number of aromatic nitrogens is 1. The predicted molar refractivity (Wildman–Crippen MR) is 121 cm³/mol. The van der Waals surface area contributed by atoms with Crippen LogP contribution in [0.2, 0.25) is 0 Å². The number of nitrogens with one attached hydrogen (secondary N) is 2. The molecule has 0 spiro atoms. The molecule has 1 fully saturated rings. The number of hydrogen-bond donors (Lipinski definition) is 2. The fourth-order valence-corrected chi connectivity index (χ4v) is 3.96. The summed E-state index contributed by atoms with van der Waals surface area (Å²) in [6.07, 6.45) is 0. The third-order valence-corrected chi connectivity index (χ3v) is 5.55. The molecule has 0 aliphatic carbocycles. The van der Waals surface area contributed by atoms with E-state index in [0.717, 1.165) is 54.2 Å². The SMILES string of the molecule is Cl.Cl.O=C(NCCN1CCNCC1)c1cc(-c2cccs2)nc2ccccc12. The monoisotopic (exact) mass is 438 g/mol. The van der Waals surface area contributed by atoms with Crippen molar-refractivity contribution in [1.29, 1.82) is 0 Å². The first-order valence-electron chi connectivity index (χ1n) is 8.96. The molecule has 0 radical (unpaired) electrons. The number of para-hydroxylation sites is 1. The van der Waals surface area contributed by atoms with Crippen LogP contribution in [0.5, 0.6) is 0 Å². The summed E-state index contributed by atoms with van der Waals surface area (Å²) in [5.74, 6) is -0.0310. The van der Waals surface area contributed by atoms with E-state index in [4.69, 9.17) is 4.98 Å². The lowest BCUT2D eigenvalue weighted by molar-refractivity contribution is 0.0949. The highest BCUT2D eigenvalue weighted by atomic mass is 35.5. The average molecular weight is 439 g/mol. The molecule has 1 aliphatic rings. The number of thiophene rings is 1. The first-order valence-corrected chi connectivity index (χ1v) is 9.84. The van der Waals surface area contributed by atoms with Gasteiger partial charge < -0.3 is 10.6 Å². The molecule has 5 nitrogen and oxygen atoms in total. The highest BCUT2D eigenvalue weighted by molar-refractivity contribution is 7.13. The van der Waals surface area contributed by atoms with Gasteiger partial charge in [-0.1, -0.05) is 24.3 Å². The van der Waals surface area contributed by atoms with Crippen molar-refractivity contribution in [3.8, 4) is 10.6 Å². The van der Waals surface area contributed by atoms with Gasteiger partial charge in [0.05, 0.1) is 21.7 Å². The van der Waals surface area contributed by atoms with Crippen LogP contribution in [0.3, 0.4) is 0 Å². The van der Waals surface area contributed by atoms with E-state index in [9.17, 15) is 4.79 Å². The number of nitrogens with zero attached hydrogens (tertiary/aromatic N) is 2. The fourth-order valence-electron chi connectivity index (χ4n) is 3.27. The lowest BCUT2D eigenvalue weighted by atomic mass is 10.1. The zero-order valence-corrected chi connectivity index (χ0v) is 17.8. The van der Waals surface area contributed by atoms with E-state index in [0.29, 0.717) is 12.1 Å². The van der Waals surface area contributed by atoms with Gasteiger partial charge in [0.25, 0.3) is 5.91 Å². The van der Waals surface area contributed by atoms with Gasteiger partial charge in [-0.25, -0.2) is 4.98 Å². The lowest BCUT2D eigenvalue weighted by Crippen LogP contribution is -2.46. The highest BCUT2D eigenvalue weighted by Gasteiger charge is 2.15. The standard InChI is InChI=1S/C20H22N4OS.2ClH/c25-20(22-9-12-24-10-7-21-8-11-24)16-14-18(19-6-3-13-26-19)23-17-5-2-1-4-15(16)17;;/h1-6,13-14,21H,7-12H2,(H,22,25);2*1H. The van der Waals surface area contributed by atoms with Crippen LogP contribution in [-0.2, 0) is 0 Å². The summed E-state index contributed by atoms with van der Waals surface area (Å²) in [4.78, 5) is 21.0. The molecule has 0 atom stereocenters. The van der Waals surface area contributed by atoms with Gasteiger partial charge in [-0.3, -0.25) is 9.69 Å². The van der Waals surface area contributed by atoms with E-state index >= 15 is 0 Å². The van der Waals surface area contributed by atoms with Gasteiger partial charge in [-0.05, 0) is 23.6 Å². The van der Waals surface area contributed by atoms with Crippen molar-refractivity contribution in [2.45, 2.75) is 0 Å². The Morgan fingerprint density at radius 3 is 2.68 bits per heavy atom. The van der Waals surface area contributed by atoms with Crippen molar-refractivity contribution in [3.05, 3.63) is 53.4 Å². The molecule has 1 amide bonds. The maximum atomic E-state index is 12.9. The highest BCUT2D eigenvalue weighted by Crippen LogP contribution is 2.27. The number of piperazine rings is 1. The Morgan fingerprint density at radius 2 is 1.93 bits per heavy atom. The molecule has 1 saturated heterocycles. The maximum Gasteiger partial charge on any atom is 0.252 e.